The summed E-state index contributed by atoms with van der Waals surface area (Å²) in [7, 11) is 0. The van der Waals surface area contributed by atoms with Crippen LogP contribution in [0.15, 0.2) is 17.5 Å². The van der Waals surface area contributed by atoms with Crippen LogP contribution in [-0.2, 0) is 4.74 Å². The number of carbonyl (C=O) groups is 1. The Bertz CT molecular complexity index is 283. The third-order valence-electron chi connectivity index (χ3n) is 1.86. The molecule has 64 valence electrons. The van der Waals surface area contributed by atoms with Gasteiger partial charge in [0.25, 0.3) is 0 Å². The molecule has 4 heteroatoms. The number of hydrogen-bond donors (Lipinski definition) is 1. The normalized spacial score (nSPS) is 28.2. The van der Waals surface area contributed by atoms with Gasteiger partial charge in [0.05, 0.1) is 6.04 Å². The van der Waals surface area contributed by atoms with Crippen molar-refractivity contribution in [3.8, 4) is 0 Å². The number of alkyl carbamates (subject to hydrolysis) is 1. The summed E-state index contributed by atoms with van der Waals surface area (Å²) in [6, 6.07) is 4.02. The van der Waals surface area contributed by atoms with Gasteiger partial charge in [-0.25, -0.2) is 4.79 Å². The second-order valence-corrected chi connectivity index (χ2v) is 3.75. The third-order valence-corrected chi connectivity index (χ3v) is 2.79. The van der Waals surface area contributed by atoms with Gasteiger partial charge in [-0.3, -0.25) is 0 Å². The monoisotopic (exact) mass is 183 g/mol. The molecule has 12 heavy (non-hydrogen) atoms. The lowest BCUT2D eigenvalue weighted by atomic mass is 10.2. The van der Waals surface area contributed by atoms with E-state index >= 15 is 0 Å². The summed E-state index contributed by atoms with van der Waals surface area (Å²) in [4.78, 5) is 11.9. The molecule has 0 spiro atoms. The zero-order valence-corrected chi connectivity index (χ0v) is 7.43. The minimum Gasteiger partial charge on any atom is -0.438 e. The van der Waals surface area contributed by atoms with Crippen molar-refractivity contribution in [2.24, 2.45) is 0 Å². The van der Waals surface area contributed by atoms with Crippen LogP contribution in [-0.4, -0.2) is 12.1 Å². The Morgan fingerprint density at radius 2 is 2.50 bits per heavy atom. The van der Waals surface area contributed by atoms with Gasteiger partial charge in [0.1, 0.15) is 0 Å². The Hall–Kier alpha value is -1.03. The number of carbonyl (C=O) groups excluding carboxylic acids is 1. The fraction of sp³-hybridized carbons (Fsp3) is 0.375. The molecule has 1 aromatic rings. The van der Waals surface area contributed by atoms with E-state index in [0.717, 1.165) is 4.88 Å². The maximum absolute atomic E-state index is 10.8. The first-order valence-corrected chi connectivity index (χ1v) is 4.66. The number of thiophene rings is 1. The zero-order valence-electron chi connectivity index (χ0n) is 6.61. The van der Waals surface area contributed by atoms with Crippen LogP contribution in [0.2, 0.25) is 0 Å². The van der Waals surface area contributed by atoms with E-state index in [9.17, 15) is 4.79 Å². The van der Waals surface area contributed by atoms with Crippen LogP contribution in [0.25, 0.3) is 0 Å². The van der Waals surface area contributed by atoms with Gasteiger partial charge in [0, 0.05) is 4.88 Å². The molecule has 1 fully saturated rings. The molecule has 0 saturated carbocycles. The van der Waals surface area contributed by atoms with Crippen LogP contribution in [0, 0.1) is 0 Å². The largest absolute Gasteiger partial charge is 0.438 e. The molecular weight excluding hydrogens is 174 g/mol. The van der Waals surface area contributed by atoms with Crippen molar-refractivity contribution in [3.05, 3.63) is 22.4 Å². The van der Waals surface area contributed by atoms with E-state index in [4.69, 9.17) is 4.74 Å². The number of ether oxygens (including phenoxy) is 1. The van der Waals surface area contributed by atoms with Crippen molar-refractivity contribution in [1.29, 1.82) is 0 Å². The van der Waals surface area contributed by atoms with Gasteiger partial charge in [0.15, 0.2) is 6.10 Å². The summed E-state index contributed by atoms with van der Waals surface area (Å²) >= 11 is 1.61. The number of rotatable bonds is 1. The average Bonchev–Trinajstić information content (AvgIpc) is 2.58. The quantitative estimate of drug-likeness (QED) is 0.722. The van der Waals surface area contributed by atoms with Crippen molar-refractivity contribution in [1.82, 2.24) is 5.32 Å². The number of cyclic esters (lactones) is 1. The molecule has 2 rings (SSSR count). The molecule has 0 bridgehead atoms. The summed E-state index contributed by atoms with van der Waals surface area (Å²) in [5.74, 6) is 0. The summed E-state index contributed by atoms with van der Waals surface area (Å²) in [5, 5.41) is 4.68. The standard InChI is InChI=1S/C8H9NO2S/c1-5-7(11-8(10)9-5)6-3-2-4-12-6/h2-5,7H,1H3,(H,9,10)/t5-,7+/m0/s1. The summed E-state index contributed by atoms with van der Waals surface area (Å²) in [6.07, 6.45) is -0.418. The Labute approximate surface area is 74.4 Å². The van der Waals surface area contributed by atoms with Gasteiger partial charge in [-0.15, -0.1) is 11.3 Å². The smallest absolute Gasteiger partial charge is 0.408 e. The molecule has 2 atom stereocenters. The van der Waals surface area contributed by atoms with Crippen LogP contribution in [0.5, 0.6) is 0 Å². The number of nitrogens with one attached hydrogen (secondary N) is 1. The maximum Gasteiger partial charge on any atom is 0.408 e. The maximum atomic E-state index is 10.8. The predicted molar refractivity (Wildman–Crippen MR) is 46.1 cm³/mol. The van der Waals surface area contributed by atoms with E-state index in [1.165, 1.54) is 0 Å². The predicted octanol–water partition coefficient (Wildman–Crippen LogP) is 1.92. The second-order valence-electron chi connectivity index (χ2n) is 2.77. The van der Waals surface area contributed by atoms with Gasteiger partial charge < -0.3 is 10.1 Å². The van der Waals surface area contributed by atoms with E-state index in [2.05, 4.69) is 5.32 Å². The molecule has 0 unspecified atom stereocenters. The molecule has 0 aliphatic carbocycles. The molecule has 0 radical (unpaired) electrons. The molecule has 3 nitrogen and oxygen atoms in total. The highest BCUT2D eigenvalue weighted by atomic mass is 32.1. The van der Waals surface area contributed by atoms with Crippen LogP contribution >= 0.6 is 11.3 Å². The second kappa shape index (κ2) is 2.79. The molecule has 1 aromatic heterocycles. The Morgan fingerprint density at radius 1 is 1.67 bits per heavy atom. The highest BCUT2D eigenvalue weighted by Gasteiger charge is 2.32. The number of hydrogen-bond acceptors (Lipinski definition) is 3. The Balaban J connectivity index is 2.20. The van der Waals surface area contributed by atoms with Crippen molar-refractivity contribution in [3.63, 3.8) is 0 Å². The summed E-state index contributed by atoms with van der Waals surface area (Å²) < 4.78 is 5.08. The van der Waals surface area contributed by atoms with E-state index in [1.54, 1.807) is 11.3 Å². The van der Waals surface area contributed by atoms with E-state index < -0.39 is 0 Å². The van der Waals surface area contributed by atoms with Gasteiger partial charge in [-0.2, -0.15) is 0 Å². The highest BCUT2D eigenvalue weighted by molar-refractivity contribution is 7.10. The lowest BCUT2D eigenvalue weighted by Gasteiger charge is -2.09. The highest BCUT2D eigenvalue weighted by Crippen LogP contribution is 2.29. The molecule has 1 amide bonds. The molecule has 2 heterocycles. The van der Waals surface area contributed by atoms with Crippen LogP contribution < -0.4 is 5.32 Å². The SMILES string of the molecule is C[C@@H]1NC(=O)O[C@H]1c1cccs1. The van der Waals surface area contributed by atoms with E-state index in [-0.39, 0.29) is 18.2 Å². The van der Waals surface area contributed by atoms with E-state index in [0.29, 0.717) is 0 Å². The zero-order chi connectivity index (χ0) is 8.55. The molecule has 1 saturated heterocycles. The van der Waals surface area contributed by atoms with Crippen LogP contribution in [0.1, 0.15) is 17.9 Å². The van der Waals surface area contributed by atoms with E-state index in [1.807, 2.05) is 24.4 Å². The summed E-state index contributed by atoms with van der Waals surface area (Å²) in [5.41, 5.74) is 0. The third kappa shape index (κ3) is 1.18. The fourth-order valence-electron chi connectivity index (χ4n) is 1.27. The van der Waals surface area contributed by atoms with Crippen molar-refractivity contribution in [2.75, 3.05) is 0 Å². The van der Waals surface area contributed by atoms with Crippen LogP contribution in [0.3, 0.4) is 0 Å². The first kappa shape index (κ1) is 7.61. The fourth-order valence-corrected chi connectivity index (χ4v) is 2.13. The van der Waals surface area contributed by atoms with Gasteiger partial charge >= 0.3 is 6.09 Å². The van der Waals surface area contributed by atoms with Crippen LogP contribution in [0.4, 0.5) is 4.79 Å². The lowest BCUT2D eigenvalue weighted by molar-refractivity contribution is 0.136. The molecule has 0 aromatic carbocycles. The van der Waals surface area contributed by atoms with Gasteiger partial charge in [0.2, 0.25) is 0 Å². The lowest BCUT2D eigenvalue weighted by Crippen LogP contribution is -2.23. The Morgan fingerprint density at radius 3 is 3.00 bits per heavy atom. The minimum absolute atomic E-state index is 0.0798. The van der Waals surface area contributed by atoms with Crippen molar-refractivity contribution >= 4 is 17.4 Å². The number of amides is 1. The van der Waals surface area contributed by atoms with Gasteiger partial charge in [-0.05, 0) is 18.4 Å². The van der Waals surface area contributed by atoms with Crippen molar-refractivity contribution in [2.45, 2.75) is 19.1 Å². The first-order chi connectivity index (χ1) is 5.77. The summed E-state index contributed by atoms with van der Waals surface area (Å²) in [6.45, 7) is 1.94. The molecule has 1 N–H and O–H groups in total. The van der Waals surface area contributed by atoms with Crippen molar-refractivity contribution < 1.29 is 9.53 Å². The molecule has 1 aliphatic heterocycles. The van der Waals surface area contributed by atoms with Gasteiger partial charge in [-0.1, -0.05) is 6.07 Å². The Kier molecular flexibility index (Phi) is 1.77. The molecule has 1 aliphatic rings. The molecular formula is C8H9NO2S. The minimum atomic E-state index is -0.319. The first-order valence-electron chi connectivity index (χ1n) is 3.78. The average molecular weight is 183 g/mol. The topological polar surface area (TPSA) is 38.3 Å².